The van der Waals surface area contributed by atoms with E-state index in [2.05, 4.69) is 10.6 Å². The Kier molecular flexibility index (Phi) is 4.04. The first kappa shape index (κ1) is 17.0. The summed E-state index contributed by atoms with van der Waals surface area (Å²) in [7, 11) is -3.85. The van der Waals surface area contributed by atoms with Crippen molar-refractivity contribution in [2.24, 2.45) is 0 Å². The minimum Gasteiger partial charge on any atom is -0.308 e. The quantitative estimate of drug-likeness (QED) is 0.729. The summed E-state index contributed by atoms with van der Waals surface area (Å²) in [6, 6.07) is 18.1. The fourth-order valence-corrected chi connectivity index (χ4v) is 4.78. The molecule has 0 bridgehead atoms. The van der Waals surface area contributed by atoms with Crippen LogP contribution in [0.25, 0.3) is 10.8 Å². The first-order valence-corrected chi connectivity index (χ1v) is 9.61. The second-order valence-corrected chi connectivity index (χ2v) is 7.84. The Bertz CT molecular complexity index is 1150. The Morgan fingerprint density at radius 1 is 0.889 bits per heavy atom. The maximum Gasteiger partial charge on any atom is 0.325 e. The van der Waals surface area contributed by atoms with Crippen molar-refractivity contribution >= 4 is 44.1 Å². The molecule has 3 amide bonds. The van der Waals surface area contributed by atoms with E-state index in [1.54, 1.807) is 48.5 Å². The van der Waals surface area contributed by atoms with Gasteiger partial charge in [-0.1, -0.05) is 42.5 Å². The van der Waals surface area contributed by atoms with Gasteiger partial charge in [-0.25, -0.2) is 13.2 Å². The lowest BCUT2D eigenvalue weighted by Crippen LogP contribution is -2.42. The highest BCUT2D eigenvalue weighted by molar-refractivity contribution is 7.93. The number of sulfonamides is 1. The highest BCUT2D eigenvalue weighted by Gasteiger charge is 2.36. The van der Waals surface area contributed by atoms with Crippen LogP contribution in [0.3, 0.4) is 0 Å². The smallest absolute Gasteiger partial charge is 0.308 e. The van der Waals surface area contributed by atoms with Crippen LogP contribution in [-0.2, 0) is 14.8 Å². The minimum absolute atomic E-state index is 0.164. The van der Waals surface area contributed by atoms with Crippen LogP contribution in [0.15, 0.2) is 71.6 Å². The normalized spacial score (nSPS) is 14.1. The Hall–Kier alpha value is -3.39. The molecule has 0 saturated carbocycles. The number of carbonyl (C=O) groups excluding carboxylic acids is 2. The molecule has 1 aliphatic heterocycles. The number of nitrogens with one attached hydrogen (secondary N) is 2. The summed E-state index contributed by atoms with van der Waals surface area (Å²) < 4.78 is 26.7. The Morgan fingerprint density at radius 3 is 2.33 bits per heavy atom. The van der Waals surface area contributed by atoms with Gasteiger partial charge in [0.2, 0.25) is 5.91 Å². The van der Waals surface area contributed by atoms with Crippen LogP contribution in [0.5, 0.6) is 0 Å². The molecule has 3 aromatic carbocycles. The molecule has 3 aromatic rings. The molecule has 8 heteroatoms. The van der Waals surface area contributed by atoms with Crippen LogP contribution >= 0.6 is 0 Å². The highest BCUT2D eigenvalue weighted by Crippen LogP contribution is 2.41. The standard InChI is InChI=1S/C19H15N3O4S/c23-17(21-19(24)20-14-8-2-1-3-9-14)12-22-15-10-4-6-13-7-5-11-16(18(13)15)27(22,25)26/h1-11H,12H2,(H2,20,21,23,24). The van der Waals surface area contributed by atoms with Gasteiger partial charge >= 0.3 is 6.03 Å². The van der Waals surface area contributed by atoms with Crippen LogP contribution in [0.2, 0.25) is 0 Å². The molecule has 0 unspecified atom stereocenters. The summed E-state index contributed by atoms with van der Waals surface area (Å²) in [5, 5.41) is 6.03. The summed E-state index contributed by atoms with van der Waals surface area (Å²) in [5.41, 5.74) is 0.954. The van der Waals surface area contributed by atoms with Gasteiger partial charge in [-0.05, 0) is 29.7 Å². The number of hydrogen-bond donors (Lipinski definition) is 2. The summed E-state index contributed by atoms with van der Waals surface area (Å²) >= 11 is 0. The summed E-state index contributed by atoms with van der Waals surface area (Å²) in [5.74, 6) is -0.725. The second-order valence-electron chi connectivity index (χ2n) is 6.01. The Labute approximate surface area is 155 Å². The maximum atomic E-state index is 12.8. The van der Waals surface area contributed by atoms with E-state index in [9.17, 15) is 18.0 Å². The molecule has 0 aromatic heterocycles. The van der Waals surface area contributed by atoms with E-state index < -0.39 is 28.5 Å². The van der Waals surface area contributed by atoms with Gasteiger partial charge in [-0.3, -0.25) is 14.4 Å². The average molecular weight is 381 g/mol. The molecule has 0 saturated heterocycles. The van der Waals surface area contributed by atoms with Gasteiger partial charge in [-0.15, -0.1) is 0 Å². The van der Waals surface area contributed by atoms with Gasteiger partial charge < -0.3 is 5.32 Å². The fourth-order valence-electron chi connectivity index (χ4n) is 3.11. The number of imide groups is 1. The number of para-hydroxylation sites is 1. The molecule has 4 rings (SSSR count). The third-order valence-corrected chi connectivity index (χ3v) is 6.06. The van der Waals surface area contributed by atoms with Gasteiger partial charge in [0, 0.05) is 11.1 Å². The average Bonchev–Trinajstić information content (AvgIpc) is 2.86. The summed E-state index contributed by atoms with van der Waals surface area (Å²) in [4.78, 5) is 24.4. The molecule has 0 fully saturated rings. The van der Waals surface area contributed by atoms with Crippen molar-refractivity contribution in [3.63, 3.8) is 0 Å². The molecule has 2 N–H and O–H groups in total. The first-order chi connectivity index (χ1) is 13.0. The third-order valence-electron chi connectivity index (χ3n) is 4.25. The van der Waals surface area contributed by atoms with Crippen molar-refractivity contribution in [1.82, 2.24) is 5.32 Å². The van der Waals surface area contributed by atoms with Crippen LogP contribution in [0, 0.1) is 0 Å². The lowest BCUT2D eigenvalue weighted by Gasteiger charge is -2.18. The number of amides is 3. The number of rotatable bonds is 3. The molecular formula is C19H15N3O4S. The zero-order chi connectivity index (χ0) is 19.0. The lowest BCUT2D eigenvalue weighted by atomic mass is 10.1. The van der Waals surface area contributed by atoms with Gasteiger partial charge in [0.15, 0.2) is 0 Å². The number of nitrogens with zero attached hydrogens (tertiary/aromatic N) is 1. The molecule has 0 aliphatic carbocycles. The van der Waals surface area contributed by atoms with Crippen LogP contribution in [-0.4, -0.2) is 26.9 Å². The predicted octanol–water partition coefficient (Wildman–Crippen LogP) is 2.70. The highest BCUT2D eigenvalue weighted by atomic mass is 32.2. The van der Waals surface area contributed by atoms with E-state index in [0.717, 1.165) is 9.69 Å². The first-order valence-electron chi connectivity index (χ1n) is 8.17. The van der Waals surface area contributed by atoms with E-state index in [1.165, 1.54) is 6.07 Å². The van der Waals surface area contributed by atoms with Crippen LogP contribution < -0.4 is 14.9 Å². The molecule has 0 radical (unpaired) electrons. The van der Waals surface area contributed by atoms with Crippen molar-refractivity contribution in [1.29, 1.82) is 0 Å². The molecule has 27 heavy (non-hydrogen) atoms. The molecule has 7 nitrogen and oxygen atoms in total. The molecule has 0 atom stereocenters. The fraction of sp³-hybridized carbons (Fsp3) is 0.0526. The van der Waals surface area contributed by atoms with Gasteiger partial charge in [0.1, 0.15) is 6.54 Å². The number of urea groups is 1. The van der Waals surface area contributed by atoms with E-state index >= 15 is 0 Å². The van der Waals surface area contributed by atoms with Crippen molar-refractivity contribution in [3.05, 3.63) is 66.7 Å². The van der Waals surface area contributed by atoms with Crippen molar-refractivity contribution in [2.45, 2.75) is 4.90 Å². The van der Waals surface area contributed by atoms with Gasteiger partial charge in [0.05, 0.1) is 10.6 Å². The van der Waals surface area contributed by atoms with Crippen LogP contribution in [0.4, 0.5) is 16.2 Å². The molecule has 0 spiro atoms. The van der Waals surface area contributed by atoms with Gasteiger partial charge in [0.25, 0.3) is 10.0 Å². The Morgan fingerprint density at radius 2 is 1.59 bits per heavy atom. The van der Waals surface area contributed by atoms with Gasteiger partial charge in [-0.2, -0.15) is 0 Å². The third kappa shape index (κ3) is 3.00. The van der Waals surface area contributed by atoms with Crippen molar-refractivity contribution in [2.75, 3.05) is 16.2 Å². The molecule has 1 heterocycles. The summed E-state index contributed by atoms with van der Waals surface area (Å²) in [6.07, 6.45) is 0. The van der Waals surface area contributed by atoms with E-state index in [0.29, 0.717) is 16.8 Å². The zero-order valence-electron chi connectivity index (χ0n) is 14.0. The van der Waals surface area contributed by atoms with E-state index in [4.69, 9.17) is 0 Å². The summed E-state index contributed by atoms with van der Waals surface area (Å²) in [6.45, 7) is -0.488. The number of carbonyl (C=O) groups is 2. The number of benzene rings is 3. The monoisotopic (exact) mass is 381 g/mol. The topological polar surface area (TPSA) is 95.6 Å². The van der Waals surface area contributed by atoms with E-state index in [-0.39, 0.29) is 4.90 Å². The number of hydrogen-bond acceptors (Lipinski definition) is 4. The minimum atomic E-state index is -3.85. The molecule has 136 valence electrons. The second kappa shape index (κ2) is 6.40. The van der Waals surface area contributed by atoms with Crippen molar-refractivity contribution < 1.29 is 18.0 Å². The maximum absolute atomic E-state index is 12.8. The van der Waals surface area contributed by atoms with Crippen molar-refractivity contribution in [3.8, 4) is 0 Å². The zero-order valence-corrected chi connectivity index (χ0v) is 14.9. The number of anilines is 2. The predicted molar refractivity (Wildman–Crippen MR) is 102 cm³/mol. The largest absolute Gasteiger partial charge is 0.325 e. The SMILES string of the molecule is O=C(CN1c2cccc3cccc(c23)S1(=O)=O)NC(=O)Nc1ccccc1. The van der Waals surface area contributed by atoms with Crippen LogP contribution in [0.1, 0.15) is 0 Å². The molecule has 1 aliphatic rings. The lowest BCUT2D eigenvalue weighted by molar-refractivity contribution is -0.118. The Balaban J connectivity index is 1.54. The molecular weight excluding hydrogens is 366 g/mol. The van der Waals surface area contributed by atoms with E-state index in [1.807, 2.05) is 12.1 Å².